The Kier molecular flexibility index (Phi) is 4.15. The lowest BCUT2D eigenvalue weighted by Crippen LogP contribution is -2.48. The van der Waals surface area contributed by atoms with E-state index in [-0.39, 0.29) is 5.56 Å². The Bertz CT molecular complexity index is 912. The molecular weight excluding hydrogens is 318 g/mol. The van der Waals surface area contributed by atoms with Crippen LogP contribution in [-0.2, 0) is 13.1 Å². The quantitative estimate of drug-likeness (QED) is 0.706. The molecule has 25 heavy (non-hydrogen) atoms. The number of nitrogens with zero attached hydrogens (tertiary/aromatic N) is 5. The molecule has 0 atom stereocenters. The first-order valence-corrected chi connectivity index (χ1v) is 8.29. The van der Waals surface area contributed by atoms with Gasteiger partial charge >= 0.3 is 0 Å². The van der Waals surface area contributed by atoms with E-state index in [1.165, 1.54) is 0 Å². The van der Waals surface area contributed by atoms with Crippen LogP contribution in [0.1, 0.15) is 11.6 Å². The summed E-state index contributed by atoms with van der Waals surface area (Å²) in [4.78, 5) is 22.8. The van der Waals surface area contributed by atoms with Crippen LogP contribution in [0, 0.1) is 12.8 Å². The van der Waals surface area contributed by atoms with Crippen LogP contribution < -0.4 is 5.56 Å². The topological polar surface area (TPSA) is 77.1 Å². The number of oxazole rings is 1. The molecule has 0 amide bonds. The first-order chi connectivity index (χ1) is 12.2. The van der Waals surface area contributed by atoms with Crippen molar-refractivity contribution in [2.45, 2.75) is 20.0 Å². The summed E-state index contributed by atoms with van der Waals surface area (Å²) < 4.78 is 6.79. The highest BCUT2D eigenvalue weighted by Crippen LogP contribution is 2.20. The van der Waals surface area contributed by atoms with Gasteiger partial charge in [-0.15, -0.1) is 0 Å². The van der Waals surface area contributed by atoms with Gasteiger partial charge < -0.3 is 4.42 Å². The summed E-state index contributed by atoms with van der Waals surface area (Å²) in [5.41, 5.74) is 2.55. The molecule has 0 bridgehead atoms. The van der Waals surface area contributed by atoms with Gasteiger partial charge in [-0.1, -0.05) is 0 Å². The molecule has 0 unspecified atom stereocenters. The van der Waals surface area contributed by atoms with E-state index in [2.05, 4.69) is 20.0 Å². The molecule has 7 heteroatoms. The maximum absolute atomic E-state index is 12.1. The monoisotopic (exact) mass is 337 g/mol. The number of aryl methyl sites for hydroxylation is 1. The Morgan fingerprint density at radius 2 is 2.16 bits per heavy atom. The maximum Gasteiger partial charge on any atom is 0.266 e. The maximum atomic E-state index is 12.1. The fourth-order valence-corrected chi connectivity index (χ4v) is 3.12. The smallest absolute Gasteiger partial charge is 0.266 e. The average Bonchev–Trinajstić information content (AvgIpc) is 3.00. The van der Waals surface area contributed by atoms with Crippen LogP contribution >= 0.6 is 0 Å². The Labute approximate surface area is 145 Å². The Morgan fingerprint density at radius 3 is 2.88 bits per heavy atom. The Morgan fingerprint density at radius 1 is 1.28 bits per heavy atom. The van der Waals surface area contributed by atoms with Gasteiger partial charge in [-0.2, -0.15) is 5.10 Å². The molecule has 0 N–H and O–H groups in total. The van der Waals surface area contributed by atoms with E-state index >= 15 is 0 Å². The van der Waals surface area contributed by atoms with Crippen molar-refractivity contribution in [2.75, 3.05) is 13.1 Å². The molecule has 1 fully saturated rings. The third-order valence-electron chi connectivity index (χ3n) is 4.34. The summed E-state index contributed by atoms with van der Waals surface area (Å²) in [6, 6.07) is 7.12. The highest BCUT2D eigenvalue weighted by atomic mass is 16.3. The lowest BCUT2D eigenvalue weighted by atomic mass is 10.00. The minimum Gasteiger partial charge on any atom is -0.449 e. The molecule has 0 aromatic carbocycles. The molecule has 3 aromatic heterocycles. The zero-order chi connectivity index (χ0) is 17.2. The van der Waals surface area contributed by atoms with Gasteiger partial charge in [0.05, 0.1) is 17.9 Å². The van der Waals surface area contributed by atoms with Crippen LogP contribution in [0.4, 0.5) is 0 Å². The van der Waals surface area contributed by atoms with Gasteiger partial charge in [-0.25, -0.2) is 9.67 Å². The number of hydrogen-bond donors (Lipinski definition) is 0. The fourth-order valence-electron chi connectivity index (χ4n) is 3.12. The van der Waals surface area contributed by atoms with Crippen molar-refractivity contribution < 1.29 is 4.42 Å². The van der Waals surface area contributed by atoms with Crippen molar-refractivity contribution in [1.29, 1.82) is 0 Å². The Balaban J connectivity index is 1.39. The van der Waals surface area contributed by atoms with E-state index in [9.17, 15) is 4.79 Å². The van der Waals surface area contributed by atoms with E-state index in [1.54, 1.807) is 35.5 Å². The summed E-state index contributed by atoms with van der Waals surface area (Å²) in [6.07, 6.45) is 5.17. The third-order valence-corrected chi connectivity index (χ3v) is 4.34. The summed E-state index contributed by atoms with van der Waals surface area (Å²) >= 11 is 0. The van der Waals surface area contributed by atoms with Crippen LogP contribution in [0.5, 0.6) is 0 Å². The minimum absolute atomic E-state index is 0.0711. The summed E-state index contributed by atoms with van der Waals surface area (Å²) in [7, 11) is 0. The largest absolute Gasteiger partial charge is 0.449 e. The van der Waals surface area contributed by atoms with Crippen molar-refractivity contribution in [1.82, 2.24) is 24.6 Å². The van der Waals surface area contributed by atoms with E-state index in [0.29, 0.717) is 18.4 Å². The van der Waals surface area contributed by atoms with E-state index in [4.69, 9.17) is 4.42 Å². The second-order valence-electron chi connectivity index (χ2n) is 6.40. The van der Waals surface area contributed by atoms with Crippen molar-refractivity contribution in [2.24, 2.45) is 5.92 Å². The van der Waals surface area contributed by atoms with Gasteiger partial charge in [-0.05, 0) is 18.2 Å². The molecule has 4 rings (SSSR count). The Hall–Kier alpha value is -2.80. The van der Waals surface area contributed by atoms with Crippen molar-refractivity contribution in [3.8, 4) is 11.3 Å². The van der Waals surface area contributed by atoms with E-state index < -0.39 is 0 Å². The summed E-state index contributed by atoms with van der Waals surface area (Å²) in [5, 5.41) is 4.50. The predicted octanol–water partition coefficient (Wildman–Crippen LogP) is 1.73. The van der Waals surface area contributed by atoms with Gasteiger partial charge in [-0.3, -0.25) is 14.7 Å². The van der Waals surface area contributed by atoms with Crippen molar-refractivity contribution in [3.63, 3.8) is 0 Å². The molecule has 4 heterocycles. The number of aromatic nitrogens is 4. The second kappa shape index (κ2) is 6.60. The molecule has 128 valence electrons. The standard InChI is InChI=1S/C18H19N5O2/c1-13-20-16(12-25-13)11-22-8-14(9-22)10-23-18(24)5-4-17(21-23)15-3-2-6-19-7-15/h2-7,12,14H,8-11H2,1H3. The molecule has 0 aliphatic carbocycles. The van der Waals surface area contributed by atoms with Crippen molar-refractivity contribution >= 4 is 0 Å². The van der Waals surface area contributed by atoms with Gasteiger partial charge in [0.15, 0.2) is 5.89 Å². The average molecular weight is 337 g/mol. The van der Waals surface area contributed by atoms with Gasteiger partial charge in [0.2, 0.25) is 0 Å². The first kappa shape index (κ1) is 15.7. The molecule has 1 aliphatic heterocycles. The van der Waals surface area contributed by atoms with Crippen molar-refractivity contribution in [3.05, 3.63) is 64.9 Å². The molecule has 0 spiro atoms. The van der Waals surface area contributed by atoms with Crippen LogP contribution in [0.15, 0.2) is 52.1 Å². The lowest BCUT2D eigenvalue weighted by molar-refractivity contribution is 0.0754. The first-order valence-electron chi connectivity index (χ1n) is 8.29. The lowest BCUT2D eigenvalue weighted by Gasteiger charge is -2.38. The normalized spacial score (nSPS) is 15.2. The SMILES string of the molecule is Cc1nc(CN2CC(Cn3nc(-c4cccnc4)ccc3=O)C2)co1. The highest BCUT2D eigenvalue weighted by molar-refractivity contribution is 5.56. The molecular formula is C18H19N5O2. The number of rotatable bonds is 5. The molecule has 7 nitrogen and oxygen atoms in total. The van der Waals surface area contributed by atoms with Crippen LogP contribution in [0.25, 0.3) is 11.3 Å². The van der Waals surface area contributed by atoms with Gasteiger partial charge in [0.1, 0.15) is 6.26 Å². The van der Waals surface area contributed by atoms with E-state index in [1.807, 2.05) is 19.1 Å². The summed E-state index contributed by atoms with van der Waals surface area (Å²) in [5.74, 6) is 1.11. The molecule has 1 saturated heterocycles. The zero-order valence-corrected chi connectivity index (χ0v) is 14.0. The molecule has 1 aliphatic rings. The highest BCUT2D eigenvalue weighted by Gasteiger charge is 2.28. The molecule has 3 aromatic rings. The van der Waals surface area contributed by atoms with Crippen LogP contribution in [0.2, 0.25) is 0 Å². The van der Waals surface area contributed by atoms with Crippen LogP contribution in [-0.4, -0.2) is 37.7 Å². The predicted molar refractivity (Wildman–Crippen MR) is 91.7 cm³/mol. The number of likely N-dealkylation sites (tertiary alicyclic amines) is 1. The van der Waals surface area contributed by atoms with Gasteiger partial charge in [0, 0.05) is 56.5 Å². The number of pyridine rings is 1. The third kappa shape index (κ3) is 3.51. The second-order valence-corrected chi connectivity index (χ2v) is 6.40. The molecule has 0 saturated carbocycles. The molecule has 0 radical (unpaired) electrons. The minimum atomic E-state index is -0.0711. The summed E-state index contributed by atoms with van der Waals surface area (Å²) in [6.45, 7) is 5.11. The number of hydrogen-bond acceptors (Lipinski definition) is 6. The fraction of sp³-hybridized carbons (Fsp3) is 0.333. The van der Waals surface area contributed by atoms with Crippen LogP contribution in [0.3, 0.4) is 0 Å². The van der Waals surface area contributed by atoms with Gasteiger partial charge in [0.25, 0.3) is 5.56 Å². The zero-order valence-electron chi connectivity index (χ0n) is 14.0. The van der Waals surface area contributed by atoms with E-state index in [0.717, 1.165) is 36.6 Å².